The summed E-state index contributed by atoms with van der Waals surface area (Å²) < 4.78 is 42.7. The molecule has 114 valence electrons. The molecule has 0 amide bonds. The van der Waals surface area contributed by atoms with Gasteiger partial charge in [-0.05, 0) is 41.1 Å². The summed E-state index contributed by atoms with van der Waals surface area (Å²) >= 11 is 3.11. The average Bonchev–Trinajstić information content (AvgIpc) is 2.37. The molecule has 8 heteroatoms. The summed E-state index contributed by atoms with van der Waals surface area (Å²) in [6.45, 7) is 1.84. The average molecular weight is 377 g/mol. The topological polar surface area (TPSA) is 106 Å². The number of halogens is 2. The fourth-order valence-electron chi connectivity index (χ4n) is 1.29. The highest BCUT2D eigenvalue weighted by Gasteiger charge is 2.06. The van der Waals surface area contributed by atoms with Crippen LogP contribution < -0.4 is 11.5 Å². The van der Waals surface area contributed by atoms with Crippen LogP contribution in [-0.2, 0) is 10.1 Å². The molecule has 0 aromatic heterocycles. The lowest BCUT2D eigenvalue weighted by atomic mass is 10.2. The first-order chi connectivity index (χ1) is 9.61. The maximum Gasteiger partial charge on any atom is 0.294 e. The third-order valence-corrected chi connectivity index (χ3v) is 3.99. The summed E-state index contributed by atoms with van der Waals surface area (Å²) in [5.41, 5.74) is 12.0. The normalized spacial score (nSPS) is 10.7. The molecule has 5 nitrogen and oxygen atoms in total. The van der Waals surface area contributed by atoms with Gasteiger partial charge >= 0.3 is 0 Å². The van der Waals surface area contributed by atoms with E-state index in [0.29, 0.717) is 10.2 Å². The molecule has 2 aromatic rings. The van der Waals surface area contributed by atoms with E-state index in [-0.39, 0.29) is 10.6 Å². The second kappa shape index (κ2) is 6.88. The highest BCUT2D eigenvalue weighted by molar-refractivity contribution is 9.10. The van der Waals surface area contributed by atoms with Crippen LogP contribution in [0.15, 0.2) is 45.8 Å². The molecule has 0 saturated heterocycles. The summed E-state index contributed by atoms with van der Waals surface area (Å²) in [6.07, 6.45) is 0. The van der Waals surface area contributed by atoms with Crippen molar-refractivity contribution in [2.24, 2.45) is 0 Å². The van der Waals surface area contributed by atoms with Crippen LogP contribution in [0.1, 0.15) is 5.56 Å². The van der Waals surface area contributed by atoms with Gasteiger partial charge in [-0.2, -0.15) is 8.42 Å². The molecule has 2 rings (SSSR count). The number of rotatable bonds is 1. The van der Waals surface area contributed by atoms with Gasteiger partial charge in [0.15, 0.2) is 0 Å². The Morgan fingerprint density at radius 3 is 2.05 bits per heavy atom. The number of nitrogens with two attached hydrogens (primary N) is 2. The second-order valence-corrected chi connectivity index (χ2v) is 6.46. The number of aryl methyl sites for hydroxylation is 1. The molecule has 5 N–H and O–H groups in total. The smallest absolute Gasteiger partial charge is 0.294 e. The van der Waals surface area contributed by atoms with Gasteiger partial charge in [0.25, 0.3) is 10.1 Å². The van der Waals surface area contributed by atoms with E-state index in [2.05, 4.69) is 15.9 Å². The molecule has 0 aliphatic carbocycles. The van der Waals surface area contributed by atoms with Gasteiger partial charge in [-0.1, -0.05) is 17.7 Å². The molecular weight excluding hydrogens is 363 g/mol. The molecule has 0 fully saturated rings. The number of anilines is 2. The van der Waals surface area contributed by atoms with Crippen LogP contribution in [-0.4, -0.2) is 13.0 Å². The molecule has 2 aromatic carbocycles. The van der Waals surface area contributed by atoms with E-state index >= 15 is 0 Å². The Bertz CT molecular complexity index is 684. The summed E-state index contributed by atoms with van der Waals surface area (Å²) in [4.78, 5) is -0.0666. The largest absolute Gasteiger partial charge is 0.398 e. The van der Waals surface area contributed by atoms with Crippen LogP contribution >= 0.6 is 15.9 Å². The zero-order chi connectivity index (χ0) is 16.2. The van der Waals surface area contributed by atoms with Crippen molar-refractivity contribution in [2.75, 3.05) is 11.5 Å². The van der Waals surface area contributed by atoms with E-state index in [1.54, 1.807) is 12.1 Å². The van der Waals surface area contributed by atoms with Crippen LogP contribution in [0, 0.1) is 12.7 Å². The van der Waals surface area contributed by atoms with Gasteiger partial charge in [-0.15, -0.1) is 0 Å². The van der Waals surface area contributed by atoms with Gasteiger partial charge in [0, 0.05) is 16.2 Å². The fraction of sp³-hybridized carbons (Fsp3) is 0.0769. The lowest BCUT2D eigenvalue weighted by Crippen LogP contribution is -1.96. The quantitative estimate of drug-likeness (QED) is 0.523. The van der Waals surface area contributed by atoms with E-state index in [4.69, 9.17) is 16.0 Å². The van der Waals surface area contributed by atoms with Crippen LogP contribution in [0.2, 0.25) is 0 Å². The maximum absolute atomic E-state index is 12.5. The standard InChI is InChI=1S/C7H8O3S.C6H6BrFN2/c1-6-2-4-7(5-3-6)11(8,9)10;7-3-1-6(10)4(8)2-5(3)9/h2-5H,1H3,(H,8,9,10);1-2H,9-10H2. The van der Waals surface area contributed by atoms with Gasteiger partial charge in [-0.25, -0.2) is 4.39 Å². The van der Waals surface area contributed by atoms with Gasteiger partial charge in [0.2, 0.25) is 0 Å². The second-order valence-electron chi connectivity index (χ2n) is 4.18. The van der Waals surface area contributed by atoms with Gasteiger partial charge in [0.1, 0.15) is 5.82 Å². The molecule has 0 atom stereocenters. The summed E-state index contributed by atoms with van der Waals surface area (Å²) in [6, 6.07) is 8.60. The number of hydrogen-bond acceptors (Lipinski definition) is 4. The van der Waals surface area contributed by atoms with Crippen LogP contribution in [0.25, 0.3) is 0 Å². The summed E-state index contributed by atoms with van der Waals surface area (Å²) in [5.74, 6) is -0.485. The Labute approximate surface area is 130 Å². The highest BCUT2D eigenvalue weighted by atomic mass is 79.9. The molecule has 0 bridgehead atoms. The molecular formula is C13H14BrFN2O3S. The zero-order valence-electron chi connectivity index (χ0n) is 11.0. The van der Waals surface area contributed by atoms with Crippen molar-refractivity contribution in [2.45, 2.75) is 11.8 Å². The van der Waals surface area contributed by atoms with Crippen molar-refractivity contribution in [1.29, 1.82) is 0 Å². The zero-order valence-corrected chi connectivity index (χ0v) is 13.4. The van der Waals surface area contributed by atoms with Crippen molar-refractivity contribution in [3.8, 4) is 0 Å². The lowest BCUT2D eigenvalue weighted by molar-refractivity contribution is 0.483. The van der Waals surface area contributed by atoms with Crippen molar-refractivity contribution >= 4 is 37.4 Å². The Kier molecular flexibility index (Phi) is 5.70. The predicted octanol–water partition coefficient (Wildman–Crippen LogP) is 2.99. The third-order valence-electron chi connectivity index (χ3n) is 2.43. The predicted molar refractivity (Wildman–Crippen MR) is 83.9 cm³/mol. The van der Waals surface area contributed by atoms with Gasteiger partial charge < -0.3 is 11.5 Å². The SMILES string of the molecule is Cc1ccc(S(=O)(=O)O)cc1.Nc1cc(Br)c(N)cc1F. The minimum atomic E-state index is -4.02. The first-order valence-corrected chi connectivity index (χ1v) is 7.88. The van der Waals surface area contributed by atoms with Crippen LogP contribution in [0.5, 0.6) is 0 Å². The fourth-order valence-corrected chi connectivity index (χ4v) is 2.13. The Hall–Kier alpha value is -1.64. The molecule has 0 saturated carbocycles. The number of hydrogen-bond donors (Lipinski definition) is 3. The Balaban J connectivity index is 0.000000211. The number of benzene rings is 2. The minimum absolute atomic E-state index is 0.0666. The molecule has 0 unspecified atom stereocenters. The maximum atomic E-state index is 12.5. The summed E-state index contributed by atoms with van der Waals surface area (Å²) in [5, 5.41) is 0. The van der Waals surface area contributed by atoms with Crippen LogP contribution in [0.3, 0.4) is 0 Å². The van der Waals surface area contributed by atoms with Crippen molar-refractivity contribution < 1.29 is 17.4 Å². The van der Waals surface area contributed by atoms with Crippen LogP contribution in [0.4, 0.5) is 15.8 Å². The highest BCUT2D eigenvalue weighted by Crippen LogP contribution is 2.24. The van der Waals surface area contributed by atoms with Crippen molar-refractivity contribution in [1.82, 2.24) is 0 Å². The molecule has 0 aliphatic rings. The molecule has 0 aliphatic heterocycles. The van der Waals surface area contributed by atoms with Crippen molar-refractivity contribution in [3.63, 3.8) is 0 Å². The van der Waals surface area contributed by atoms with Crippen molar-refractivity contribution in [3.05, 3.63) is 52.3 Å². The van der Waals surface area contributed by atoms with Gasteiger partial charge in [-0.3, -0.25) is 4.55 Å². The van der Waals surface area contributed by atoms with E-state index in [9.17, 15) is 12.8 Å². The van der Waals surface area contributed by atoms with E-state index in [1.807, 2.05) is 6.92 Å². The number of nitrogen functional groups attached to an aromatic ring is 2. The lowest BCUT2D eigenvalue weighted by Gasteiger charge is -1.99. The third kappa shape index (κ3) is 5.33. The summed E-state index contributed by atoms with van der Waals surface area (Å²) in [7, 11) is -4.02. The monoisotopic (exact) mass is 376 g/mol. The first kappa shape index (κ1) is 17.4. The van der Waals surface area contributed by atoms with E-state index in [1.165, 1.54) is 24.3 Å². The first-order valence-electron chi connectivity index (χ1n) is 5.65. The van der Waals surface area contributed by atoms with E-state index in [0.717, 1.165) is 5.56 Å². The molecule has 21 heavy (non-hydrogen) atoms. The van der Waals surface area contributed by atoms with Gasteiger partial charge in [0.05, 0.1) is 10.6 Å². The van der Waals surface area contributed by atoms with E-state index < -0.39 is 15.9 Å². The molecule has 0 spiro atoms. The Morgan fingerprint density at radius 2 is 1.62 bits per heavy atom. The molecule has 0 radical (unpaired) electrons. The molecule has 0 heterocycles. The Morgan fingerprint density at radius 1 is 1.10 bits per heavy atom. The minimum Gasteiger partial charge on any atom is -0.398 e.